The van der Waals surface area contributed by atoms with Gasteiger partial charge < -0.3 is 23.5 Å². The minimum absolute atomic E-state index is 0.566. The number of benzene rings is 6. The highest BCUT2D eigenvalue weighted by Gasteiger charge is 2.26. The fourth-order valence-electron chi connectivity index (χ4n) is 6.98. The maximum atomic E-state index is 8.04. The van der Waals surface area contributed by atoms with E-state index < -0.39 is 6.98 Å². The minimum atomic E-state index is -2.38. The van der Waals surface area contributed by atoms with Crippen LogP contribution in [0, 0.1) is 6.33 Å². The second-order valence-electron chi connectivity index (χ2n) is 12.1. The van der Waals surface area contributed by atoms with Gasteiger partial charge in [0.1, 0.15) is 17.3 Å². The molecule has 0 unspecified atom stereocenters. The number of aromatic nitrogens is 4. The van der Waals surface area contributed by atoms with Gasteiger partial charge in [0.2, 0.25) is 6.33 Å². The molecule has 7 nitrogen and oxygen atoms in total. The van der Waals surface area contributed by atoms with Gasteiger partial charge in [-0.05, 0) is 60.7 Å². The van der Waals surface area contributed by atoms with Gasteiger partial charge in [-0.15, -0.1) is 0 Å². The van der Waals surface area contributed by atoms with E-state index >= 15 is 0 Å². The smallest absolute Gasteiger partial charge is 0.244 e. The van der Waals surface area contributed by atoms with E-state index in [1.54, 1.807) is 10.6 Å². The van der Waals surface area contributed by atoms with Crippen LogP contribution in [0.2, 0.25) is 0 Å². The molecule has 0 N–H and O–H groups in total. The highest BCUT2D eigenvalue weighted by molar-refractivity contribution is 6.09. The zero-order valence-electron chi connectivity index (χ0n) is 29.6. The molecule has 0 spiro atoms. The monoisotopic (exact) mass is 650 g/mol. The van der Waals surface area contributed by atoms with Gasteiger partial charge in [0.05, 0.1) is 55.9 Å². The number of ether oxygens (including phenoxy) is 2. The molecule has 0 fully saturated rings. The van der Waals surface area contributed by atoms with Crippen LogP contribution in [0.1, 0.15) is 4.11 Å². The lowest BCUT2D eigenvalue weighted by atomic mass is 10.1. The van der Waals surface area contributed by atoms with Gasteiger partial charge >= 0.3 is 0 Å². The van der Waals surface area contributed by atoms with Crippen molar-refractivity contribution in [3.05, 3.63) is 164 Å². The summed E-state index contributed by atoms with van der Waals surface area (Å²) in [5.74, 6) is 3.57. The molecule has 0 saturated carbocycles. The van der Waals surface area contributed by atoms with Crippen molar-refractivity contribution in [2.24, 2.45) is 6.98 Å². The van der Waals surface area contributed by atoms with Crippen molar-refractivity contribution in [1.82, 2.24) is 14.1 Å². The Morgan fingerprint density at radius 1 is 0.640 bits per heavy atom. The van der Waals surface area contributed by atoms with Gasteiger partial charge in [-0.1, -0.05) is 78.9 Å². The van der Waals surface area contributed by atoms with Gasteiger partial charge in [0.25, 0.3) is 0 Å². The molecule has 0 atom stereocenters. The molecule has 0 radical (unpaired) electrons. The Balaban J connectivity index is 1.07. The normalized spacial score (nSPS) is 13.4. The molecule has 9 aromatic rings. The van der Waals surface area contributed by atoms with Crippen LogP contribution in [0.15, 0.2) is 158 Å². The van der Waals surface area contributed by atoms with Crippen LogP contribution >= 0.6 is 0 Å². The number of nitrogens with zero attached hydrogens (tertiary/aromatic N) is 5. The first-order valence-corrected chi connectivity index (χ1v) is 16.3. The Hall–Kier alpha value is -6.86. The number of fused-ring (bicyclic) bond motifs is 6. The zero-order valence-corrected chi connectivity index (χ0v) is 26.6. The molecule has 3 aromatic heterocycles. The van der Waals surface area contributed by atoms with Gasteiger partial charge in [0, 0.05) is 29.1 Å². The summed E-state index contributed by atoms with van der Waals surface area (Å²) < 4.78 is 42.0. The number of para-hydroxylation sites is 7. The van der Waals surface area contributed by atoms with Crippen LogP contribution < -0.4 is 18.9 Å². The lowest BCUT2D eigenvalue weighted by Gasteiger charge is -2.32. The molecule has 0 aliphatic carbocycles. The van der Waals surface area contributed by atoms with E-state index in [0.717, 1.165) is 67.4 Å². The second kappa shape index (κ2) is 11.1. The number of hydrogen-bond donors (Lipinski definition) is 0. The molecule has 1 aliphatic heterocycles. The Bertz CT molecular complexity index is 2830. The Kier molecular flexibility index (Phi) is 5.60. The molecule has 4 heterocycles. The highest BCUT2D eigenvalue weighted by Crippen LogP contribution is 2.50. The summed E-state index contributed by atoms with van der Waals surface area (Å²) in [5, 5.41) is 2.17. The van der Waals surface area contributed by atoms with Crippen LogP contribution in [0.3, 0.4) is 0 Å². The first-order valence-electron chi connectivity index (χ1n) is 17.8. The fraction of sp³-hybridized carbons (Fsp3) is 0.0233. The molecule has 7 heteroatoms. The van der Waals surface area contributed by atoms with Crippen molar-refractivity contribution < 1.29 is 18.2 Å². The number of pyridine rings is 1. The summed E-state index contributed by atoms with van der Waals surface area (Å²) in [7, 11) is 0. The SMILES string of the molecule is [2H]C([2H])([2H])[n+]1[c-]n(-c2cccc(Oc3ccc4c5ccccc5n(-c5cc(N6c7ccccc7Oc7ccccc76)ccn5)c4c3)c2)c2ccccc21. The highest BCUT2D eigenvalue weighted by atomic mass is 16.5. The minimum Gasteiger partial charge on any atom is -0.458 e. The first-order chi connectivity index (χ1) is 25.9. The summed E-state index contributed by atoms with van der Waals surface area (Å²) in [5.41, 5.74) is 6.82. The summed E-state index contributed by atoms with van der Waals surface area (Å²) in [4.78, 5) is 7.12. The lowest BCUT2D eigenvalue weighted by molar-refractivity contribution is -0.649. The van der Waals surface area contributed by atoms with E-state index in [1.807, 2.05) is 115 Å². The van der Waals surface area contributed by atoms with Crippen LogP contribution in [0.4, 0.5) is 17.1 Å². The molecule has 1 aliphatic rings. The van der Waals surface area contributed by atoms with Crippen LogP contribution in [0.5, 0.6) is 23.0 Å². The zero-order chi connectivity index (χ0) is 35.7. The number of rotatable bonds is 5. The average molecular weight is 651 g/mol. The lowest BCUT2D eigenvalue weighted by Crippen LogP contribution is -2.26. The van der Waals surface area contributed by atoms with Crippen molar-refractivity contribution in [2.75, 3.05) is 4.90 Å². The van der Waals surface area contributed by atoms with Gasteiger partial charge in [0.15, 0.2) is 11.5 Å². The molecule has 10 rings (SSSR count). The van der Waals surface area contributed by atoms with Crippen LogP contribution in [-0.4, -0.2) is 14.1 Å². The number of anilines is 3. The summed E-state index contributed by atoms with van der Waals surface area (Å²) in [6, 6.07) is 49.5. The third-order valence-electron chi connectivity index (χ3n) is 9.17. The summed E-state index contributed by atoms with van der Waals surface area (Å²) in [6.45, 7) is -2.38. The Morgan fingerprint density at radius 2 is 1.36 bits per heavy atom. The molecule has 50 heavy (non-hydrogen) atoms. The predicted molar refractivity (Wildman–Crippen MR) is 197 cm³/mol. The maximum absolute atomic E-state index is 8.04. The van der Waals surface area contributed by atoms with Crippen molar-refractivity contribution >= 4 is 49.9 Å². The van der Waals surface area contributed by atoms with E-state index in [0.29, 0.717) is 17.0 Å². The van der Waals surface area contributed by atoms with Crippen molar-refractivity contribution in [3.63, 3.8) is 0 Å². The van der Waals surface area contributed by atoms with E-state index in [9.17, 15) is 0 Å². The largest absolute Gasteiger partial charge is 0.458 e. The number of hydrogen-bond acceptors (Lipinski definition) is 4. The summed E-state index contributed by atoms with van der Waals surface area (Å²) >= 11 is 0. The first kappa shape index (κ1) is 25.2. The third-order valence-corrected chi connectivity index (χ3v) is 9.17. The van der Waals surface area contributed by atoms with Crippen molar-refractivity contribution in [3.8, 4) is 34.5 Å². The molecule has 0 saturated heterocycles. The van der Waals surface area contributed by atoms with E-state index in [-0.39, 0.29) is 0 Å². The standard InChI is InChI=1S/C43H29N5O2/c1-45-28-46(37-16-5-4-15-36(37)45)29-11-10-12-31(25-29)49-32-21-22-34-33-13-2-3-14-35(33)48(40(34)27-32)43-26-30(23-24-44-43)47-38-17-6-8-19-41(38)50-42-20-9-7-18-39(42)47/h2-27H,1H3/i1D3. The number of imidazole rings is 1. The van der Waals surface area contributed by atoms with Crippen LogP contribution in [-0.2, 0) is 6.98 Å². The molecule has 238 valence electrons. The maximum Gasteiger partial charge on any atom is 0.244 e. The van der Waals surface area contributed by atoms with E-state index in [4.69, 9.17) is 18.6 Å². The Morgan fingerprint density at radius 3 is 2.20 bits per heavy atom. The van der Waals surface area contributed by atoms with E-state index in [1.165, 1.54) is 4.57 Å². The molecular weight excluding hydrogens is 619 g/mol. The van der Waals surface area contributed by atoms with Crippen molar-refractivity contribution in [2.45, 2.75) is 0 Å². The van der Waals surface area contributed by atoms with E-state index in [2.05, 4.69) is 52.2 Å². The molecular formula is C43H29N5O2. The number of aryl methyl sites for hydroxylation is 1. The molecule has 0 bridgehead atoms. The third kappa shape index (κ3) is 4.44. The molecule has 0 amide bonds. The average Bonchev–Trinajstić information content (AvgIpc) is 3.74. The fourth-order valence-corrected chi connectivity index (χ4v) is 6.98. The quantitative estimate of drug-likeness (QED) is 0.137. The van der Waals surface area contributed by atoms with Crippen LogP contribution in [0.25, 0.3) is 44.3 Å². The second-order valence-corrected chi connectivity index (χ2v) is 12.1. The van der Waals surface area contributed by atoms with Gasteiger partial charge in [-0.2, -0.15) is 0 Å². The Labute approximate surface area is 292 Å². The van der Waals surface area contributed by atoms with Gasteiger partial charge in [-0.25, -0.2) is 4.98 Å². The molecule has 6 aromatic carbocycles. The van der Waals surface area contributed by atoms with Crippen molar-refractivity contribution in [1.29, 1.82) is 0 Å². The van der Waals surface area contributed by atoms with Gasteiger partial charge in [-0.3, -0.25) is 4.57 Å². The predicted octanol–water partition coefficient (Wildman–Crippen LogP) is 10.1. The summed E-state index contributed by atoms with van der Waals surface area (Å²) in [6.07, 6.45) is 4.88. The topological polar surface area (TPSA) is 48.3 Å².